The van der Waals surface area contributed by atoms with Crippen LogP contribution in [0.4, 0.5) is 5.13 Å². The van der Waals surface area contributed by atoms with Crippen LogP contribution in [-0.2, 0) is 11.2 Å². The first-order chi connectivity index (χ1) is 10.7. The molecule has 0 unspecified atom stereocenters. The van der Waals surface area contributed by atoms with Crippen molar-refractivity contribution in [2.24, 2.45) is 0 Å². The second-order valence-corrected chi connectivity index (χ2v) is 5.85. The van der Waals surface area contributed by atoms with Gasteiger partial charge in [0.15, 0.2) is 0 Å². The predicted octanol–water partition coefficient (Wildman–Crippen LogP) is 3.43. The Kier molecular flexibility index (Phi) is 4.41. The van der Waals surface area contributed by atoms with Crippen LogP contribution in [0.2, 0.25) is 5.15 Å². The van der Waals surface area contributed by atoms with Crippen molar-refractivity contribution in [3.05, 3.63) is 59.4 Å². The number of rotatable bonds is 4. The normalized spacial score (nSPS) is 10.4. The van der Waals surface area contributed by atoms with Gasteiger partial charge in [-0.25, -0.2) is 4.98 Å². The van der Waals surface area contributed by atoms with E-state index in [0.29, 0.717) is 21.7 Å². The zero-order chi connectivity index (χ0) is 15.4. The highest BCUT2D eigenvalue weighted by Crippen LogP contribution is 2.27. The van der Waals surface area contributed by atoms with E-state index in [4.69, 9.17) is 11.6 Å². The summed E-state index contributed by atoms with van der Waals surface area (Å²) >= 11 is 7.14. The number of hydrogen-bond donors (Lipinski definition) is 1. The number of carbonyl (C=O) groups is 1. The molecule has 7 heteroatoms. The molecule has 2 heterocycles. The van der Waals surface area contributed by atoms with Crippen LogP contribution in [0.1, 0.15) is 5.56 Å². The molecule has 0 aliphatic rings. The van der Waals surface area contributed by atoms with E-state index in [2.05, 4.69) is 20.5 Å². The zero-order valence-corrected chi connectivity index (χ0v) is 12.9. The van der Waals surface area contributed by atoms with Crippen LogP contribution in [-0.4, -0.2) is 21.1 Å². The number of halogens is 1. The quantitative estimate of drug-likeness (QED) is 0.744. The van der Waals surface area contributed by atoms with Gasteiger partial charge in [-0.05, 0) is 17.7 Å². The highest BCUT2D eigenvalue weighted by atomic mass is 35.5. The first-order valence-corrected chi connectivity index (χ1v) is 7.69. The molecule has 0 fully saturated rings. The van der Waals surface area contributed by atoms with Gasteiger partial charge in [-0.2, -0.15) is 0 Å². The van der Waals surface area contributed by atoms with E-state index in [1.54, 1.807) is 18.3 Å². The lowest BCUT2D eigenvalue weighted by Crippen LogP contribution is -2.14. The SMILES string of the molecule is O=C(Cc1ccccc1)Nc1nnc(-c2ccnc(Cl)c2)s1. The molecule has 0 saturated heterocycles. The Morgan fingerprint density at radius 2 is 2.00 bits per heavy atom. The highest BCUT2D eigenvalue weighted by molar-refractivity contribution is 7.18. The first-order valence-electron chi connectivity index (χ1n) is 6.50. The smallest absolute Gasteiger partial charge is 0.230 e. The number of aromatic nitrogens is 3. The van der Waals surface area contributed by atoms with Crippen molar-refractivity contribution < 1.29 is 4.79 Å². The predicted molar refractivity (Wildman–Crippen MR) is 86.9 cm³/mol. The third-order valence-electron chi connectivity index (χ3n) is 2.85. The summed E-state index contributed by atoms with van der Waals surface area (Å²) in [5, 5.41) is 12.3. The second-order valence-electron chi connectivity index (χ2n) is 4.49. The number of nitrogens with zero attached hydrogens (tertiary/aromatic N) is 3. The molecule has 2 aromatic heterocycles. The summed E-state index contributed by atoms with van der Waals surface area (Å²) in [4.78, 5) is 15.9. The Morgan fingerprint density at radius 3 is 2.77 bits per heavy atom. The Hall–Kier alpha value is -2.31. The van der Waals surface area contributed by atoms with Gasteiger partial charge in [-0.15, -0.1) is 10.2 Å². The minimum atomic E-state index is -0.123. The van der Waals surface area contributed by atoms with Crippen LogP contribution in [0.3, 0.4) is 0 Å². The number of hydrogen-bond acceptors (Lipinski definition) is 5. The second kappa shape index (κ2) is 6.64. The average molecular weight is 331 g/mol. The van der Waals surface area contributed by atoms with Crippen molar-refractivity contribution in [3.8, 4) is 10.6 Å². The third-order valence-corrected chi connectivity index (χ3v) is 3.95. The fourth-order valence-corrected chi connectivity index (χ4v) is 2.80. The molecular weight excluding hydrogens is 320 g/mol. The topological polar surface area (TPSA) is 67.8 Å². The van der Waals surface area contributed by atoms with Crippen LogP contribution >= 0.6 is 22.9 Å². The van der Waals surface area contributed by atoms with Gasteiger partial charge >= 0.3 is 0 Å². The number of anilines is 1. The van der Waals surface area contributed by atoms with E-state index in [-0.39, 0.29) is 5.91 Å². The molecule has 3 rings (SSSR count). The fraction of sp³-hybridized carbons (Fsp3) is 0.0667. The Morgan fingerprint density at radius 1 is 1.18 bits per heavy atom. The van der Waals surface area contributed by atoms with Gasteiger partial charge in [0.05, 0.1) is 6.42 Å². The maximum absolute atomic E-state index is 12.0. The molecule has 0 atom stereocenters. The Labute approximate surface area is 136 Å². The highest BCUT2D eigenvalue weighted by Gasteiger charge is 2.10. The number of amides is 1. The minimum Gasteiger partial charge on any atom is -0.300 e. The summed E-state index contributed by atoms with van der Waals surface area (Å²) in [7, 11) is 0. The molecule has 0 aliphatic carbocycles. The van der Waals surface area contributed by atoms with Gasteiger partial charge in [0.2, 0.25) is 11.0 Å². The summed E-state index contributed by atoms with van der Waals surface area (Å²) < 4.78 is 0. The number of nitrogens with one attached hydrogen (secondary N) is 1. The average Bonchev–Trinajstić information content (AvgIpc) is 2.96. The maximum atomic E-state index is 12.0. The summed E-state index contributed by atoms with van der Waals surface area (Å²) in [6.45, 7) is 0. The van der Waals surface area contributed by atoms with E-state index in [9.17, 15) is 4.79 Å². The van der Waals surface area contributed by atoms with E-state index in [1.165, 1.54) is 11.3 Å². The van der Waals surface area contributed by atoms with Crippen LogP contribution in [0.15, 0.2) is 48.7 Å². The van der Waals surface area contributed by atoms with Gasteiger partial charge < -0.3 is 5.32 Å². The van der Waals surface area contributed by atoms with Crippen LogP contribution in [0.5, 0.6) is 0 Å². The van der Waals surface area contributed by atoms with Gasteiger partial charge in [0, 0.05) is 11.8 Å². The maximum Gasteiger partial charge on any atom is 0.230 e. The fourth-order valence-electron chi connectivity index (χ4n) is 1.87. The van der Waals surface area contributed by atoms with Crippen LogP contribution < -0.4 is 5.32 Å². The Balaban J connectivity index is 1.68. The van der Waals surface area contributed by atoms with E-state index >= 15 is 0 Å². The number of benzene rings is 1. The molecule has 1 amide bonds. The molecule has 0 radical (unpaired) electrons. The van der Waals surface area contributed by atoms with Crippen molar-refractivity contribution in [3.63, 3.8) is 0 Å². The third kappa shape index (κ3) is 3.66. The van der Waals surface area contributed by atoms with Crippen molar-refractivity contribution in [1.29, 1.82) is 0 Å². The molecule has 0 aliphatic heterocycles. The Bertz CT molecular complexity index is 791. The zero-order valence-electron chi connectivity index (χ0n) is 11.4. The molecule has 5 nitrogen and oxygen atoms in total. The lowest BCUT2D eigenvalue weighted by Gasteiger charge is -2.00. The van der Waals surface area contributed by atoms with E-state index in [0.717, 1.165) is 11.1 Å². The molecule has 22 heavy (non-hydrogen) atoms. The van der Waals surface area contributed by atoms with E-state index < -0.39 is 0 Å². The van der Waals surface area contributed by atoms with Gasteiger partial charge in [0.25, 0.3) is 0 Å². The molecule has 0 spiro atoms. The van der Waals surface area contributed by atoms with Gasteiger partial charge in [-0.3, -0.25) is 4.79 Å². The van der Waals surface area contributed by atoms with E-state index in [1.807, 2.05) is 30.3 Å². The molecule has 1 aromatic carbocycles. The van der Waals surface area contributed by atoms with Gasteiger partial charge in [0.1, 0.15) is 10.2 Å². The van der Waals surface area contributed by atoms with Gasteiger partial charge in [-0.1, -0.05) is 53.3 Å². The van der Waals surface area contributed by atoms with Crippen molar-refractivity contribution in [1.82, 2.24) is 15.2 Å². The molecule has 3 aromatic rings. The lowest BCUT2D eigenvalue weighted by atomic mass is 10.1. The van der Waals surface area contributed by atoms with Crippen molar-refractivity contribution in [2.75, 3.05) is 5.32 Å². The summed E-state index contributed by atoms with van der Waals surface area (Å²) in [6.07, 6.45) is 1.91. The lowest BCUT2D eigenvalue weighted by molar-refractivity contribution is -0.115. The monoisotopic (exact) mass is 330 g/mol. The van der Waals surface area contributed by atoms with Crippen molar-refractivity contribution >= 4 is 34.0 Å². The number of pyridine rings is 1. The molecule has 0 bridgehead atoms. The summed E-state index contributed by atoms with van der Waals surface area (Å²) in [6, 6.07) is 13.0. The standard InChI is InChI=1S/C15H11ClN4OS/c16-12-9-11(6-7-17-12)14-19-20-15(22-14)18-13(21)8-10-4-2-1-3-5-10/h1-7,9H,8H2,(H,18,20,21). The summed E-state index contributed by atoms with van der Waals surface area (Å²) in [5.41, 5.74) is 1.77. The number of carbonyl (C=O) groups excluding carboxylic acids is 1. The largest absolute Gasteiger partial charge is 0.300 e. The van der Waals surface area contributed by atoms with Crippen LogP contribution in [0.25, 0.3) is 10.6 Å². The first kappa shape index (κ1) is 14.6. The molecule has 1 N–H and O–H groups in total. The molecule has 110 valence electrons. The summed E-state index contributed by atoms with van der Waals surface area (Å²) in [5.74, 6) is -0.123. The molecular formula is C15H11ClN4OS. The minimum absolute atomic E-state index is 0.123. The van der Waals surface area contributed by atoms with Crippen LogP contribution in [0, 0.1) is 0 Å². The van der Waals surface area contributed by atoms with Crippen molar-refractivity contribution in [2.45, 2.75) is 6.42 Å². The molecule has 0 saturated carbocycles.